The molecule has 98 valence electrons. The van der Waals surface area contributed by atoms with Gasteiger partial charge in [0.2, 0.25) is 0 Å². The van der Waals surface area contributed by atoms with Crippen LogP contribution in [-0.2, 0) is 14.7 Å². The highest BCUT2D eigenvalue weighted by Crippen LogP contribution is 2.46. The second kappa shape index (κ2) is 5.81. The van der Waals surface area contributed by atoms with Gasteiger partial charge in [0.05, 0.1) is 0 Å². The van der Waals surface area contributed by atoms with E-state index in [2.05, 4.69) is 12.6 Å². The molecular weight excluding hydrogens is 277 g/mol. The fourth-order valence-electron chi connectivity index (χ4n) is 1.16. The van der Waals surface area contributed by atoms with E-state index in [9.17, 15) is 13.0 Å². The quantitative estimate of drug-likeness (QED) is 0.300. The van der Waals surface area contributed by atoms with Crippen LogP contribution in [0.1, 0.15) is 6.42 Å². The highest BCUT2D eigenvalue weighted by molar-refractivity contribution is 7.93. The van der Waals surface area contributed by atoms with Crippen molar-refractivity contribution < 1.29 is 27.3 Å². The topological polar surface area (TPSA) is 115 Å². The summed E-state index contributed by atoms with van der Waals surface area (Å²) in [4.78, 5) is 17.2. The van der Waals surface area contributed by atoms with Gasteiger partial charge in [-0.25, -0.2) is 0 Å². The highest BCUT2D eigenvalue weighted by atomic mass is 32.2. The zero-order valence-corrected chi connectivity index (χ0v) is 11.5. The predicted octanol–water partition coefficient (Wildman–Crippen LogP) is -0.372. The van der Waals surface area contributed by atoms with E-state index < -0.39 is 34.4 Å². The summed E-state index contributed by atoms with van der Waals surface area (Å²) < 4.78 is 41.3. The Labute approximate surface area is 100 Å². The molecule has 0 spiro atoms. The zero-order chi connectivity index (χ0) is 13.1. The largest absolute Gasteiger partial charge is 0.346 e. The summed E-state index contributed by atoms with van der Waals surface area (Å²) >= 11 is 4.01. The minimum absolute atomic E-state index is 0.342. The van der Waals surface area contributed by atoms with Crippen molar-refractivity contribution in [2.75, 3.05) is 20.6 Å². The van der Waals surface area contributed by atoms with Gasteiger partial charge in [0.1, 0.15) is 0 Å². The molecule has 0 rings (SSSR count). The van der Waals surface area contributed by atoms with Crippen LogP contribution in [0.25, 0.3) is 0 Å². The molecule has 0 aliphatic carbocycles. The fourth-order valence-corrected chi connectivity index (χ4v) is 4.40. The van der Waals surface area contributed by atoms with Gasteiger partial charge in [0.25, 0.3) is 10.1 Å². The lowest BCUT2D eigenvalue weighted by molar-refractivity contribution is 0.354. The normalized spacial score (nSPS) is 17.4. The van der Waals surface area contributed by atoms with E-state index in [0.717, 1.165) is 0 Å². The second-order valence-electron chi connectivity index (χ2n) is 3.71. The third kappa shape index (κ3) is 6.19. The molecule has 10 heteroatoms. The van der Waals surface area contributed by atoms with Crippen molar-refractivity contribution in [3.8, 4) is 0 Å². The van der Waals surface area contributed by atoms with E-state index in [1.165, 1.54) is 0 Å². The Morgan fingerprint density at radius 1 is 1.38 bits per heavy atom. The maximum Gasteiger partial charge on any atom is 0.346 e. The Kier molecular flexibility index (Phi) is 5.95. The number of thiol groups is 1. The third-order valence-electron chi connectivity index (χ3n) is 1.77. The molecule has 0 saturated heterocycles. The Balaban J connectivity index is 4.79. The lowest BCUT2D eigenvalue weighted by Gasteiger charge is -2.21. The summed E-state index contributed by atoms with van der Waals surface area (Å²) in [6, 6.07) is 0. The minimum Gasteiger partial charge on any atom is -0.323 e. The monoisotopic (exact) mass is 293 g/mol. The lowest BCUT2D eigenvalue weighted by atomic mass is 10.3. The van der Waals surface area contributed by atoms with Gasteiger partial charge in [-0.2, -0.15) is 21.0 Å². The van der Waals surface area contributed by atoms with Crippen molar-refractivity contribution in [1.82, 2.24) is 4.90 Å². The van der Waals surface area contributed by atoms with E-state index in [1.807, 2.05) is 0 Å². The molecule has 0 amide bonds. The van der Waals surface area contributed by atoms with Crippen LogP contribution in [0, 0.1) is 0 Å². The first-order valence-electron chi connectivity index (χ1n) is 4.29. The van der Waals surface area contributed by atoms with Gasteiger partial charge in [-0.1, -0.05) is 0 Å². The molecule has 0 saturated carbocycles. The summed E-state index contributed by atoms with van der Waals surface area (Å²) in [6.45, 7) is 0.342. The number of rotatable bonds is 6. The minimum atomic E-state index is -4.90. The summed E-state index contributed by atoms with van der Waals surface area (Å²) in [5.41, 5.74) is 0. The van der Waals surface area contributed by atoms with Crippen molar-refractivity contribution >= 4 is 30.3 Å². The first kappa shape index (κ1) is 16.4. The van der Waals surface area contributed by atoms with Crippen LogP contribution >= 0.6 is 20.2 Å². The summed E-state index contributed by atoms with van der Waals surface area (Å²) in [7, 11) is -6.26. The maximum absolute atomic E-state index is 10.9. The van der Waals surface area contributed by atoms with Crippen LogP contribution in [0.3, 0.4) is 0 Å². The van der Waals surface area contributed by atoms with Crippen LogP contribution < -0.4 is 0 Å². The molecule has 0 fully saturated rings. The molecule has 2 atom stereocenters. The molecular formula is C6H16NO6PS2. The highest BCUT2D eigenvalue weighted by Gasteiger charge is 2.40. The SMILES string of the molecule is CN(C)CC(S)CC(P(=O)(O)O)S(=O)(=O)O. The van der Waals surface area contributed by atoms with Crippen molar-refractivity contribution in [1.29, 1.82) is 0 Å². The first-order chi connectivity index (χ1) is 6.94. The average molecular weight is 293 g/mol. The number of nitrogens with zero attached hydrogens (tertiary/aromatic N) is 1. The van der Waals surface area contributed by atoms with E-state index in [4.69, 9.17) is 14.3 Å². The summed E-state index contributed by atoms with van der Waals surface area (Å²) in [5.74, 6) is 0. The third-order valence-corrected chi connectivity index (χ3v) is 5.61. The molecule has 0 radical (unpaired) electrons. The van der Waals surface area contributed by atoms with Crippen LogP contribution in [-0.4, -0.2) is 58.5 Å². The fraction of sp³-hybridized carbons (Fsp3) is 1.00. The van der Waals surface area contributed by atoms with Crippen LogP contribution in [0.15, 0.2) is 0 Å². The number of hydrogen-bond donors (Lipinski definition) is 4. The van der Waals surface area contributed by atoms with Gasteiger partial charge in [0.15, 0.2) is 4.99 Å². The predicted molar refractivity (Wildman–Crippen MR) is 63.3 cm³/mol. The molecule has 3 N–H and O–H groups in total. The Morgan fingerprint density at radius 3 is 2.06 bits per heavy atom. The van der Waals surface area contributed by atoms with Gasteiger partial charge in [-0.15, -0.1) is 0 Å². The molecule has 0 bridgehead atoms. The van der Waals surface area contributed by atoms with E-state index in [0.29, 0.717) is 6.54 Å². The van der Waals surface area contributed by atoms with E-state index in [-0.39, 0.29) is 0 Å². The molecule has 0 aromatic heterocycles. The maximum atomic E-state index is 10.9. The Bertz CT molecular complexity index is 363. The Morgan fingerprint density at radius 2 is 1.81 bits per heavy atom. The molecule has 0 aliphatic heterocycles. The van der Waals surface area contributed by atoms with E-state index in [1.54, 1.807) is 19.0 Å². The first-order valence-corrected chi connectivity index (χ1v) is 7.99. The molecule has 0 aromatic carbocycles. The van der Waals surface area contributed by atoms with Crippen molar-refractivity contribution in [3.63, 3.8) is 0 Å². The smallest absolute Gasteiger partial charge is 0.323 e. The molecule has 0 aliphatic rings. The average Bonchev–Trinajstić information content (AvgIpc) is 1.94. The Hall–Kier alpha value is 0.370. The second-order valence-corrected chi connectivity index (χ2v) is 8.19. The number of hydrogen-bond acceptors (Lipinski definition) is 5. The molecule has 0 aromatic rings. The van der Waals surface area contributed by atoms with Crippen LogP contribution in [0.4, 0.5) is 0 Å². The van der Waals surface area contributed by atoms with Gasteiger partial charge >= 0.3 is 7.60 Å². The van der Waals surface area contributed by atoms with Crippen molar-refractivity contribution in [2.24, 2.45) is 0 Å². The van der Waals surface area contributed by atoms with Crippen LogP contribution in [0.2, 0.25) is 0 Å². The molecule has 7 nitrogen and oxygen atoms in total. The summed E-state index contributed by atoms with van der Waals surface area (Å²) in [6.07, 6.45) is -0.412. The van der Waals surface area contributed by atoms with Gasteiger partial charge < -0.3 is 14.7 Å². The van der Waals surface area contributed by atoms with E-state index >= 15 is 0 Å². The van der Waals surface area contributed by atoms with Gasteiger partial charge in [-0.3, -0.25) is 9.12 Å². The molecule has 2 unspecified atom stereocenters. The van der Waals surface area contributed by atoms with Crippen molar-refractivity contribution in [2.45, 2.75) is 16.7 Å². The lowest BCUT2D eigenvalue weighted by Crippen LogP contribution is -2.29. The van der Waals surface area contributed by atoms with Crippen LogP contribution in [0.5, 0.6) is 0 Å². The van der Waals surface area contributed by atoms with Gasteiger partial charge in [-0.05, 0) is 20.5 Å². The van der Waals surface area contributed by atoms with Gasteiger partial charge in [0, 0.05) is 11.8 Å². The standard InChI is InChI=1S/C6H16NO6PS2/c1-7(2)4-5(15)3-6(14(8,9)10)16(11,12)13/h5-6,15H,3-4H2,1-2H3,(H2,8,9,10)(H,11,12,13). The summed E-state index contributed by atoms with van der Waals surface area (Å²) in [5, 5.41) is -0.561. The molecule has 0 heterocycles. The molecule has 16 heavy (non-hydrogen) atoms. The van der Waals surface area contributed by atoms with Crippen molar-refractivity contribution in [3.05, 3.63) is 0 Å². The zero-order valence-electron chi connectivity index (χ0n) is 8.89.